The molecule has 0 fully saturated rings. The zero-order valence-electron chi connectivity index (χ0n) is 14.3. The summed E-state index contributed by atoms with van der Waals surface area (Å²) < 4.78 is 5.41. The Morgan fingerprint density at radius 2 is 1.84 bits per heavy atom. The number of amides is 2. The van der Waals surface area contributed by atoms with Gasteiger partial charge < -0.3 is 15.0 Å². The molecule has 0 bridgehead atoms. The first-order chi connectivity index (χ1) is 11.9. The summed E-state index contributed by atoms with van der Waals surface area (Å²) >= 11 is 5.80. The van der Waals surface area contributed by atoms with Gasteiger partial charge in [-0.25, -0.2) is 0 Å². The largest absolute Gasteiger partial charge is 0.484 e. The number of halogens is 1. The maximum absolute atomic E-state index is 12.0. The van der Waals surface area contributed by atoms with Gasteiger partial charge in [0.25, 0.3) is 5.91 Å². The van der Waals surface area contributed by atoms with E-state index < -0.39 is 0 Å². The molecule has 0 heterocycles. The zero-order chi connectivity index (χ0) is 18.2. The average Bonchev–Trinajstić information content (AvgIpc) is 2.59. The molecule has 0 spiro atoms. The Balaban J connectivity index is 1.84. The van der Waals surface area contributed by atoms with Gasteiger partial charge in [-0.3, -0.25) is 9.59 Å². The van der Waals surface area contributed by atoms with Crippen LogP contribution in [-0.4, -0.2) is 37.4 Å². The summed E-state index contributed by atoms with van der Waals surface area (Å²) in [7, 11) is 3.47. The van der Waals surface area contributed by atoms with Crippen molar-refractivity contribution in [2.45, 2.75) is 12.8 Å². The number of rotatable bonds is 7. The third kappa shape index (κ3) is 6.47. The van der Waals surface area contributed by atoms with Gasteiger partial charge in [0.05, 0.1) is 0 Å². The Morgan fingerprint density at radius 1 is 1.12 bits per heavy atom. The van der Waals surface area contributed by atoms with Crippen molar-refractivity contribution >= 4 is 29.1 Å². The summed E-state index contributed by atoms with van der Waals surface area (Å²) in [5.41, 5.74) is 1.67. The third-order valence-electron chi connectivity index (χ3n) is 3.52. The highest BCUT2D eigenvalue weighted by Gasteiger charge is 2.07. The smallest absolute Gasteiger partial charge is 0.262 e. The highest BCUT2D eigenvalue weighted by molar-refractivity contribution is 6.30. The van der Waals surface area contributed by atoms with Crippen LogP contribution in [0.5, 0.6) is 5.75 Å². The van der Waals surface area contributed by atoms with Gasteiger partial charge in [0.1, 0.15) is 5.75 Å². The second kappa shape index (κ2) is 9.08. The highest BCUT2D eigenvalue weighted by Crippen LogP contribution is 2.16. The molecule has 2 amide bonds. The molecule has 0 aliphatic heterocycles. The molecular formula is C19H21ClN2O3. The van der Waals surface area contributed by atoms with Crippen LogP contribution < -0.4 is 10.1 Å². The van der Waals surface area contributed by atoms with Crippen molar-refractivity contribution in [1.82, 2.24) is 4.90 Å². The van der Waals surface area contributed by atoms with Crippen molar-refractivity contribution in [3.8, 4) is 5.75 Å². The van der Waals surface area contributed by atoms with E-state index in [-0.39, 0.29) is 18.4 Å². The molecule has 0 radical (unpaired) electrons. The number of hydrogen-bond acceptors (Lipinski definition) is 3. The lowest BCUT2D eigenvalue weighted by Crippen LogP contribution is -2.22. The Kier molecular flexibility index (Phi) is 6.83. The summed E-state index contributed by atoms with van der Waals surface area (Å²) in [4.78, 5) is 25.2. The van der Waals surface area contributed by atoms with E-state index in [1.807, 2.05) is 18.2 Å². The predicted molar refractivity (Wildman–Crippen MR) is 99.0 cm³/mol. The molecule has 0 aliphatic rings. The minimum Gasteiger partial charge on any atom is -0.484 e. The number of nitrogens with zero attached hydrogens (tertiary/aromatic N) is 1. The van der Waals surface area contributed by atoms with Gasteiger partial charge in [-0.05, 0) is 48.4 Å². The fourth-order valence-electron chi connectivity index (χ4n) is 2.16. The molecule has 0 saturated carbocycles. The molecule has 0 atom stereocenters. The van der Waals surface area contributed by atoms with Crippen molar-refractivity contribution in [3.63, 3.8) is 0 Å². The molecule has 0 unspecified atom stereocenters. The minimum absolute atomic E-state index is 0.0748. The number of anilines is 1. The van der Waals surface area contributed by atoms with Crippen LogP contribution in [0.3, 0.4) is 0 Å². The van der Waals surface area contributed by atoms with Crippen molar-refractivity contribution < 1.29 is 14.3 Å². The molecule has 2 aromatic carbocycles. The number of benzene rings is 2. The lowest BCUT2D eigenvalue weighted by molar-refractivity contribution is -0.128. The molecule has 0 aliphatic carbocycles. The molecule has 132 valence electrons. The van der Waals surface area contributed by atoms with Crippen molar-refractivity contribution in [2.24, 2.45) is 0 Å². The summed E-state index contributed by atoms with van der Waals surface area (Å²) in [6.45, 7) is -0.0923. The molecule has 2 rings (SSSR count). The highest BCUT2D eigenvalue weighted by atomic mass is 35.5. The van der Waals surface area contributed by atoms with E-state index in [1.54, 1.807) is 49.3 Å². The second-order valence-electron chi connectivity index (χ2n) is 5.78. The summed E-state index contributed by atoms with van der Waals surface area (Å²) in [6, 6.07) is 14.3. The Hall–Kier alpha value is -2.53. The first-order valence-electron chi connectivity index (χ1n) is 7.91. The maximum Gasteiger partial charge on any atom is 0.262 e. The topological polar surface area (TPSA) is 58.6 Å². The average molecular weight is 361 g/mol. The molecule has 2 aromatic rings. The van der Waals surface area contributed by atoms with Gasteiger partial charge in [0.2, 0.25) is 5.91 Å². The number of nitrogens with one attached hydrogen (secondary N) is 1. The van der Waals surface area contributed by atoms with Gasteiger partial charge in [0.15, 0.2) is 6.61 Å². The molecule has 0 aromatic heterocycles. The van der Waals surface area contributed by atoms with Crippen LogP contribution in [0.1, 0.15) is 12.0 Å². The van der Waals surface area contributed by atoms with E-state index >= 15 is 0 Å². The fraction of sp³-hybridized carbons (Fsp3) is 0.263. The first kappa shape index (κ1) is 18.8. The van der Waals surface area contributed by atoms with Gasteiger partial charge in [-0.1, -0.05) is 23.7 Å². The van der Waals surface area contributed by atoms with E-state index in [1.165, 1.54) is 0 Å². The number of hydrogen-bond donors (Lipinski definition) is 1. The van der Waals surface area contributed by atoms with Crippen LogP contribution in [0, 0.1) is 0 Å². The van der Waals surface area contributed by atoms with Crippen molar-refractivity contribution in [1.29, 1.82) is 0 Å². The lowest BCUT2D eigenvalue weighted by Gasteiger charge is -2.11. The molecule has 1 N–H and O–H groups in total. The molecule has 6 heteroatoms. The van der Waals surface area contributed by atoms with E-state index in [0.29, 0.717) is 29.3 Å². The molecule has 25 heavy (non-hydrogen) atoms. The SMILES string of the molecule is CN(C)C(=O)CCc1cccc(NC(=O)COc2ccc(Cl)cc2)c1. The molecule has 0 saturated heterocycles. The van der Waals surface area contributed by atoms with Gasteiger partial charge in [0, 0.05) is 31.2 Å². The van der Waals surface area contributed by atoms with Crippen molar-refractivity contribution in [3.05, 3.63) is 59.1 Å². The summed E-state index contributed by atoms with van der Waals surface area (Å²) in [5, 5.41) is 3.40. The Labute approximate surface area is 152 Å². The zero-order valence-corrected chi connectivity index (χ0v) is 15.0. The van der Waals surface area contributed by atoms with Gasteiger partial charge >= 0.3 is 0 Å². The summed E-state index contributed by atoms with van der Waals surface area (Å²) in [5.74, 6) is 0.401. The van der Waals surface area contributed by atoms with Crippen LogP contribution in [0.15, 0.2) is 48.5 Å². The van der Waals surface area contributed by atoms with Crippen LogP contribution >= 0.6 is 11.6 Å². The molecule has 5 nitrogen and oxygen atoms in total. The molecular weight excluding hydrogens is 340 g/mol. The van der Waals surface area contributed by atoms with Crippen molar-refractivity contribution in [2.75, 3.05) is 26.0 Å². The van der Waals surface area contributed by atoms with Crippen LogP contribution in [0.25, 0.3) is 0 Å². The normalized spacial score (nSPS) is 10.2. The Morgan fingerprint density at radius 3 is 2.52 bits per heavy atom. The van der Waals surface area contributed by atoms with Gasteiger partial charge in [-0.2, -0.15) is 0 Å². The lowest BCUT2D eigenvalue weighted by atomic mass is 10.1. The monoisotopic (exact) mass is 360 g/mol. The van der Waals surface area contributed by atoms with Crippen LogP contribution in [0.2, 0.25) is 5.02 Å². The van der Waals surface area contributed by atoms with E-state index in [2.05, 4.69) is 5.32 Å². The van der Waals surface area contributed by atoms with E-state index in [9.17, 15) is 9.59 Å². The van der Waals surface area contributed by atoms with Crippen LogP contribution in [0.4, 0.5) is 5.69 Å². The van der Waals surface area contributed by atoms with Gasteiger partial charge in [-0.15, -0.1) is 0 Å². The predicted octanol–water partition coefficient (Wildman–Crippen LogP) is 3.38. The fourth-order valence-corrected chi connectivity index (χ4v) is 2.28. The first-order valence-corrected chi connectivity index (χ1v) is 8.29. The second-order valence-corrected chi connectivity index (χ2v) is 6.22. The number of aryl methyl sites for hydroxylation is 1. The number of ether oxygens (including phenoxy) is 1. The number of carbonyl (C=O) groups is 2. The number of carbonyl (C=O) groups excluding carboxylic acids is 2. The standard InChI is InChI=1S/C19H21ClN2O3/c1-22(2)19(24)11-6-14-4-3-5-16(12-14)21-18(23)13-25-17-9-7-15(20)8-10-17/h3-5,7-10,12H,6,11,13H2,1-2H3,(H,21,23). The quantitative estimate of drug-likeness (QED) is 0.823. The van der Waals surface area contributed by atoms with E-state index in [4.69, 9.17) is 16.3 Å². The minimum atomic E-state index is -0.253. The summed E-state index contributed by atoms with van der Waals surface area (Å²) in [6.07, 6.45) is 1.06. The Bertz CT molecular complexity index is 730. The van der Waals surface area contributed by atoms with Crippen LogP contribution in [-0.2, 0) is 16.0 Å². The third-order valence-corrected chi connectivity index (χ3v) is 3.77. The maximum atomic E-state index is 12.0. The van der Waals surface area contributed by atoms with E-state index in [0.717, 1.165) is 5.56 Å².